The molecule has 0 radical (unpaired) electrons. The predicted molar refractivity (Wildman–Crippen MR) is 75.8 cm³/mol. The summed E-state index contributed by atoms with van der Waals surface area (Å²) in [5.41, 5.74) is 0.0251. The van der Waals surface area contributed by atoms with Crippen LogP contribution in [0.4, 0.5) is 0 Å². The van der Waals surface area contributed by atoms with Crippen molar-refractivity contribution < 1.29 is 22.1 Å². The van der Waals surface area contributed by atoms with Gasteiger partial charge in [0.25, 0.3) is 10.1 Å². The van der Waals surface area contributed by atoms with Crippen molar-refractivity contribution in [1.82, 2.24) is 0 Å². The Kier molecular flexibility index (Phi) is 4.50. The molecule has 0 aromatic heterocycles. The molecule has 1 aliphatic heterocycles. The van der Waals surface area contributed by atoms with Crippen LogP contribution < -0.4 is 0 Å². The summed E-state index contributed by atoms with van der Waals surface area (Å²) in [6.45, 7) is 7.82. The zero-order chi connectivity index (χ0) is 15.0. The number of hydrogen-bond acceptors (Lipinski definition) is 5. The van der Waals surface area contributed by atoms with E-state index in [-0.39, 0.29) is 23.2 Å². The molecule has 0 atom stereocenters. The van der Waals surface area contributed by atoms with E-state index in [0.717, 1.165) is 31.9 Å². The van der Waals surface area contributed by atoms with Crippen molar-refractivity contribution in [3.8, 4) is 0 Å². The van der Waals surface area contributed by atoms with Crippen LogP contribution in [-0.4, -0.2) is 40.3 Å². The lowest BCUT2D eigenvalue weighted by molar-refractivity contribution is -0.272. The van der Waals surface area contributed by atoms with Crippen molar-refractivity contribution in [2.75, 3.05) is 19.5 Å². The zero-order valence-corrected chi connectivity index (χ0v) is 13.7. The Balaban J connectivity index is 1.88. The molecule has 118 valence electrons. The molecule has 0 unspecified atom stereocenters. The van der Waals surface area contributed by atoms with E-state index >= 15 is 0 Å². The first kappa shape index (κ1) is 16.2. The third-order valence-electron chi connectivity index (χ3n) is 4.21. The highest BCUT2D eigenvalue weighted by atomic mass is 32.2. The topological polar surface area (TPSA) is 61.8 Å². The summed E-state index contributed by atoms with van der Waals surface area (Å²) in [7, 11) is -3.36. The van der Waals surface area contributed by atoms with Crippen LogP contribution in [0.1, 0.15) is 46.5 Å². The Morgan fingerprint density at radius 1 is 1.05 bits per heavy atom. The lowest BCUT2D eigenvalue weighted by Crippen LogP contribution is -2.48. The lowest BCUT2D eigenvalue weighted by atomic mass is 9.73. The minimum Gasteiger partial charge on any atom is -0.351 e. The monoisotopic (exact) mass is 306 g/mol. The van der Waals surface area contributed by atoms with Gasteiger partial charge in [0.15, 0.2) is 6.29 Å². The highest BCUT2D eigenvalue weighted by molar-refractivity contribution is 7.86. The van der Waals surface area contributed by atoms with E-state index in [0.29, 0.717) is 13.2 Å². The van der Waals surface area contributed by atoms with Crippen molar-refractivity contribution >= 4 is 10.1 Å². The zero-order valence-electron chi connectivity index (χ0n) is 12.8. The molecule has 0 amide bonds. The van der Waals surface area contributed by atoms with Gasteiger partial charge in [-0.15, -0.1) is 0 Å². The van der Waals surface area contributed by atoms with Gasteiger partial charge in [-0.1, -0.05) is 20.8 Å². The average Bonchev–Trinajstić information content (AvgIpc) is 2.30. The minimum atomic E-state index is -3.36. The molecule has 0 spiro atoms. The lowest BCUT2D eigenvalue weighted by Gasteiger charge is -2.46. The SMILES string of the molecule is CC1(C)COC(C2(C)CCC(OS(C)(=O)=O)CC2)OC1. The Labute approximate surface area is 122 Å². The largest absolute Gasteiger partial charge is 0.351 e. The fourth-order valence-corrected chi connectivity index (χ4v) is 3.61. The summed E-state index contributed by atoms with van der Waals surface area (Å²) in [5, 5.41) is 0. The van der Waals surface area contributed by atoms with Gasteiger partial charge >= 0.3 is 0 Å². The molecule has 0 N–H and O–H groups in total. The third kappa shape index (κ3) is 4.16. The molecule has 1 heterocycles. The Bertz CT molecular complexity index is 424. The first-order valence-electron chi connectivity index (χ1n) is 7.21. The maximum absolute atomic E-state index is 11.2. The van der Waals surface area contributed by atoms with Gasteiger partial charge in [-0.2, -0.15) is 8.42 Å². The first-order chi connectivity index (χ1) is 9.10. The third-order valence-corrected chi connectivity index (χ3v) is 4.83. The van der Waals surface area contributed by atoms with Gasteiger partial charge < -0.3 is 9.47 Å². The predicted octanol–water partition coefficient (Wildman–Crippen LogP) is 2.31. The summed E-state index contributed by atoms with van der Waals surface area (Å²) in [6.07, 6.45) is 3.91. The second kappa shape index (κ2) is 5.55. The van der Waals surface area contributed by atoms with Gasteiger partial charge in [0.1, 0.15) is 0 Å². The van der Waals surface area contributed by atoms with E-state index in [1.165, 1.54) is 0 Å². The van der Waals surface area contributed by atoms with Crippen LogP contribution in [0.25, 0.3) is 0 Å². The molecule has 20 heavy (non-hydrogen) atoms. The summed E-state index contributed by atoms with van der Waals surface area (Å²) >= 11 is 0. The van der Waals surface area contributed by atoms with Crippen LogP contribution in [-0.2, 0) is 23.8 Å². The van der Waals surface area contributed by atoms with E-state index < -0.39 is 10.1 Å². The van der Waals surface area contributed by atoms with Gasteiger partial charge in [-0.05, 0) is 25.7 Å². The van der Waals surface area contributed by atoms with Crippen molar-refractivity contribution in [2.45, 2.75) is 58.8 Å². The standard InChI is InChI=1S/C14H26O5S/c1-13(2)9-17-12(18-10-13)14(3)7-5-11(6-8-14)19-20(4,15)16/h11-12H,5-10H2,1-4H3. The number of hydrogen-bond donors (Lipinski definition) is 0. The smallest absolute Gasteiger partial charge is 0.264 e. The van der Waals surface area contributed by atoms with Gasteiger partial charge in [0.2, 0.25) is 0 Å². The van der Waals surface area contributed by atoms with Crippen molar-refractivity contribution in [3.63, 3.8) is 0 Å². The summed E-state index contributed by atoms with van der Waals surface area (Å²) < 4.78 is 39.2. The van der Waals surface area contributed by atoms with Crippen LogP contribution in [0.2, 0.25) is 0 Å². The fourth-order valence-electron chi connectivity index (χ4n) is 2.92. The van der Waals surface area contributed by atoms with Gasteiger partial charge in [0, 0.05) is 10.8 Å². The average molecular weight is 306 g/mol. The molecule has 2 fully saturated rings. The van der Waals surface area contributed by atoms with Crippen molar-refractivity contribution in [2.24, 2.45) is 10.8 Å². The molecular formula is C14H26O5S. The van der Waals surface area contributed by atoms with E-state index in [9.17, 15) is 8.42 Å². The van der Waals surface area contributed by atoms with Gasteiger partial charge in [0.05, 0.1) is 25.6 Å². The number of rotatable bonds is 3. The molecule has 1 saturated heterocycles. The van der Waals surface area contributed by atoms with E-state index in [4.69, 9.17) is 13.7 Å². The van der Waals surface area contributed by atoms with E-state index in [2.05, 4.69) is 20.8 Å². The second-order valence-electron chi connectivity index (χ2n) is 7.27. The van der Waals surface area contributed by atoms with Crippen LogP contribution in [0.3, 0.4) is 0 Å². The molecule has 0 aromatic carbocycles. The Morgan fingerprint density at radius 3 is 2.00 bits per heavy atom. The van der Waals surface area contributed by atoms with Crippen LogP contribution in [0.5, 0.6) is 0 Å². The van der Waals surface area contributed by atoms with E-state index in [1.807, 2.05) is 0 Å². The van der Waals surface area contributed by atoms with Gasteiger partial charge in [-0.25, -0.2) is 0 Å². The van der Waals surface area contributed by atoms with Crippen LogP contribution in [0.15, 0.2) is 0 Å². The molecule has 0 bridgehead atoms. The molecule has 6 heteroatoms. The Hall–Kier alpha value is -0.170. The molecule has 0 aromatic rings. The second-order valence-corrected chi connectivity index (χ2v) is 8.87. The summed E-state index contributed by atoms with van der Waals surface area (Å²) in [6, 6.07) is 0. The molecule has 5 nitrogen and oxygen atoms in total. The molecule has 1 saturated carbocycles. The number of ether oxygens (including phenoxy) is 2. The normalized spacial score (nSPS) is 35.9. The van der Waals surface area contributed by atoms with Crippen LogP contribution in [0, 0.1) is 10.8 Å². The van der Waals surface area contributed by atoms with Crippen molar-refractivity contribution in [1.29, 1.82) is 0 Å². The molecule has 1 aliphatic carbocycles. The first-order valence-corrected chi connectivity index (χ1v) is 9.03. The van der Waals surface area contributed by atoms with Crippen LogP contribution >= 0.6 is 0 Å². The molecule has 2 aliphatic rings. The summed E-state index contributed by atoms with van der Waals surface area (Å²) in [4.78, 5) is 0. The van der Waals surface area contributed by atoms with Gasteiger partial charge in [-0.3, -0.25) is 4.18 Å². The summed E-state index contributed by atoms with van der Waals surface area (Å²) in [5.74, 6) is 0. The maximum Gasteiger partial charge on any atom is 0.264 e. The molecular weight excluding hydrogens is 280 g/mol. The minimum absolute atomic E-state index is 0.0478. The van der Waals surface area contributed by atoms with E-state index in [1.54, 1.807) is 0 Å². The van der Waals surface area contributed by atoms with Crippen molar-refractivity contribution in [3.05, 3.63) is 0 Å². The quantitative estimate of drug-likeness (QED) is 0.749. The highest BCUT2D eigenvalue weighted by Crippen LogP contribution is 2.43. The fraction of sp³-hybridized carbons (Fsp3) is 1.00. The Morgan fingerprint density at radius 2 is 1.55 bits per heavy atom. The highest BCUT2D eigenvalue weighted by Gasteiger charge is 2.43. The molecule has 2 rings (SSSR count). The maximum atomic E-state index is 11.2.